The summed E-state index contributed by atoms with van der Waals surface area (Å²) in [5.74, 6) is -1.60. The van der Waals surface area contributed by atoms with Crippen molar-refractivity contribution in [3.63, 3.8) is 0 Å². The van der Waals surface area contributed by atoms with Crippen LogP contribution in [0.2, 0.25) is 0 Å². The fourth-order valence-electron chi connectivity index (χ4n) is 1.48. The van der Waals surface area contributed by atoms with Gasteiger partial charge in [0.1, 0.15) is 17.3 Å². The van der Waals surface area contributed by atoms with Gasteiger partial charge < -0.3 is 4.74 Å². The molecule has 0 unspecified atom stereocenters. The van der Waals surface area contributed by atoms with Gasteiger partial charge in [0.2, 0.25) is 0 Å². The van der Waals surface area contributed by atoms with Crippen LogP contribution in [-0.2, 0) is 10.9 Å². The maximum Gasteiger partial charge on any atom is 0.418 e. The molecular weight excluding hydrogens is 287 g/mol. The van der Waals surface area contributed by atoms with E-state index < -0.39 is 41.0 Å². The van der Waals surface area contributed by atoms with Crippen LogP contribution in [0.5, 0.6) is 0 Å². The van der Waals surface area contributed by atoms with Crippen molar-refractivity contribution in [2.75, 3.05) is 6.61 Å². The Morgan fingerprint density at radius 1 is 1.50 bits per heavy atom. The lowest BCUT2D eigenvalue weighted by Gasteiger charge is -2.16. The Morgan fingerprint density at radius 2 is 2.10 bits per heavy atom. The molecule has 0 bridgehead atoms. The van der Waals surface area contributed by atoms with Crippen molar-refractivity contribution in [3.05, 3.63) is 28.6 Å². The number of hydrogen-bond donors (Lipinski definition) is 0. The molecule has 0 amide bonds. The fourth-order valence-corrected chi connectivity index (χ4v) is 1.48. The lowest BCUT2D eigenvalue weighted by molar-refractivity contribution is -0.138. The van der Waals surface area contributed by atoms with E-state index in [0.29, 0.717) is 6.20 Å². The van der Waals surface area contributed by atoms with Crippen LogP contribution in [-0.4, -0.2) is 17.6 Å². The summed E-state index contributed by atoms with van der Waals surface area (Å²) in [6.45, 7) is 0.990. The summed E-state index contributed by atoms with van der Waals surface area (Å²) < 4.78 is 68.5. The minimum atomic E-state index is -5.17. The molecule has 0 radical (unpaired) electrons. The second kappa shape index (κ2) is 5.81. The van der Waals surface area contributed by atoms with Gasteiger partial charge in [-0.1, -0.05) is 0 Å². The summed E-state index contributed by atoms with van der Waals surface area (Å²) >= 11 is 0. The molecule has 0 saturated heterocycles. The monoisotopic (exact) mass is 294 g/mol. The average Bonchev–Trinajstić information content (AvgIpc) is 2.35. The predicted molar refractivity (Wildman–Crippen MR) is 54.9 cm³/mol. The van der Waals surface area contributed by atoms with Crippen molar-refractivity contribution in [1.29, 1.82) is 5.26 Å². The van der Waals surface area contributed by atoms with E-state index in [1.165, 1.54) is 13.0 Å². The van der Waals surface area contributed by atoms with Gasteiger partial charge in [0.25, 0.3) is 6.43 Å². The summed E-state index contributed by atoms with van der Waals surface area (Å²) in [5.41, 5.74) is -5.57. The van der Waals surface area contributed by atoms with Gasteiger partial charge in [-0.25, -0.2) is 13.6 Å². The summed E-state index contributed by atoms with van der Waals surface area (Å²) in [7, 11) is 0. The van der Waals surface area contributed by atoms with E-state index in [2.05, 4.69) is 9.72 Å². The first-order valence-corrected chi connectivity index (χ1v) is 5.19. The van der Waals surface area contributed by atoms with E-state index in [1.807, 2.05) is 0 Å². The zero-order valence-electron chi connectivity index (χ0n) is 9.96. The van der Waals surface area contributed by atoms with Crippen LogP contribution < -0.4 is 0 Å². The predicted octanol–water partition coefficient (Wildman–Crippen LogP) is 3.09. The van der Waals surface area contributed by atoms with Crippen LogP contribution in [0.3, 0.4) is 0 Å². The highest BCUT2D eigenvalue weighted by atomic mass is 19.4. The Hall–Kier alpha value is -2.24. The van der Waals surface area contributed by atoms with Gasteiger partial charge in [0.15, 0.2) is 0 Å². The minimum absolute atomic E-state index is 0.310. The fraction of sp³-hybridized carbons (Fsp3) is 0.364. The molecule has 0 aliphatic heterocycles. The highest BCUT2D eigenvalue weighted by Gasteiger charge is 2.42. The van der Waals surface area contributed by atoms with Gasteiger partial charge in [-0.3, -0.25) is 4.98 Å². The number of carbonyl (C=O) groups excluding carboxylic acids is 1. The van der Waals surface area contributed by atoms with Crippen molar-refractivity contribution >= 4 is 5.97 Å². The largest absolute Gasteiger partial charge is 0.462 e. The Balaban J connectivity index is 3.71. The van der Waals surface area contributed by atoms with Crippen LogP contribution in [0.25, 0.3) is 0 Å². The summed E-state index contributed by atoms with van der Waals surface area (Å²) in [4.78, 5) is 14.6. The average molecular weight is 294 g/mol. The molecule has 1 aromatic rings. The van der Waals surface area contributed by atoms with Gasteiger partial charge in [-0.05, 0) is 6.92 Å². The number of nitriles is 1. The summed E-state index contributed by atoms with van der Waals surface area (Å²) in [5, 5.41) is 8.62. The smallest absolute Gasteiger partial charge is 0.418 e. The third-order valence-electron chi connectivity index (χ3n) is 2.20. The molecule has 0 aliphatic carbocycles. The summed E-state index contributed by atoms with van der Waals surface area (Å²) in [6, 6.07) is 1.17. The van der Waals surface area contributed by atoms with Gasteiger partial charge in [-0.15, -0.1) is 0 Å². The Kier molecular flexibility index (Phi) is 4.60. The van der Waals surface area contributed by atoms with Crippen LogP contribution in [0.4, 0.5) is 22.0 Å². The highest BCUT2D eigenvalue weighted by Crippen LogP contribution is 2.37. The molecule has 0 aromatic carbocycles. The molecule has 0 N–H and O–H groups in total. The number of halogens is 5. The van der Waals surface area contributed by atoms with E-state index in [0.717, 1.165) is 0 Å². The maximum atomic E-state index is 12.9. The Labute approximate surface area is 109 Å². The molecule has 1 heterocycles. The number of esters is 1. The number of hydrogen-bond acceptors (Lipinski definition) is 4. The zero-order chi connectivity index (χ0) is 15.5. The second-order valence-electron chi connectivity index (χ2n) is 3.44. The van der Waals surface area contributed by atoms with Gasteiger partial charge in [0, 0.05) is 6.20 Å². The molecule has 1 rings (SSSR count). The van der Waals surface area contributed by atoms with E-state index >= 15 is 0 Å². The molecule has 4 nitrogen and oxygen atoms in total. The van der Waals surface area contributed by atoms with E-state index in [9.17, 15) is 26.7 Å². The number of rotatable bonds is 3. The first kappa shape index (κ1) is 15.8. The van der Waals surface area contributed by atoms with Crippen LogP contribution >= 0.6 is 0 Å². The number of alkyl halides is 5. The molecule has 0 fully saturated rings. The number of carbonyl (C=O) groups is 1. The van der Waals surface area contributed by atoms with Crippen LogP contribution in [0.15, 0.2) is 6.20 Å². The lowest BCUT2D eigenvalue weighted by atomic mass is 10.0. The Morgan fingerprint density at radius 3 is 2.50 bits per heavy atom. The number of aromatic nitrogens is 1. The first-order valence-electron chi connectivity index (χ1n) is 5.19. The molecule has 0 saturated carbocycles. The number of ether oxygens (including phenoxy) is 1. The molecule has 0 spiro atoms. The van der Waals surface area contributed by atoms with Crippen LogP contribution in [0.1, 0.15) is 40.5 Å². The molecule has 108 valence electrons. The third-order valence-corrected chi connectivity index (χ3v) is 2.20. The lowest BCUT2D eigenvalue weighted by Crippen LogP contribution is -2.21. The maximum absolute atomic E-state index is 12.9. The molecule has 0 atom stereocenters. The molecule has 20 heavy (non-hydrogen) atoms. The Bertz CT molecular complexity index is 563. The van der Waals surface area contributed by atoms with Gasteiger partial charge in [-0.2, -0.15) is 18.4 Å². The standard InChI is InChI=1S/C11H7F5N2O2/c1-2-20-10(19)6-7(11(14,15)16)5(3-17)4-18-8(6)9(12)13/h4,9H,2H2,1H3. The van der Waals surface area contributed by atoms with Crippen LogP contribution in [0, 0.1) is 11.3 Å². The van der Waals surface area contributed by atoms with Crippen molar-refractivity contribution in [1.82, 2.24) is 4.98 Å². The van der Waals surface area contributed by atoms with Gasteiger partial charge in [0.05, 0.1) is 17.7 Å². The van der Waals surface area contributed by atoms with E-state index in [-0.39, 0.29) is 6.61 Å². The number of nitrogens with zero attached hydrogens (tertiary/aromatic N) is 2. The summed E-state index contributed by atoms with van der Waals surface area (Å²) in [6.07, 6.45) is -8.23. The quantitative estimate of drug-likeness (QED) is 0.635. The van der Waals surface area contributed by atoms with Crippen molar-refractivity contribution in [2.45, 2.75) is 19.5 Å². The van der Waals surface area contributed by atoms with Gasteiger partial charge >= 0.3 is 12.1 Å². The molecular formula is C11H7F5N2O2. The van der Waals surface area contributed by atoms with Crippen molar-refractivity contribution in [3.8, 4) is 6.07 Å². The number of pyridine rings is 1. The molecule has 9 heteroatoms. The first-order chi connectivity index (χ1) is 9.23. The minimum Gasteiger partial charge on any atom is -0.462 e. The van der Waals surface area contributed by atoms with Crippen molar-refractivity contribution in [2.24, 2.45) is 0 Å². The van der Waals surface area contributed by atoms with Crippen molar-refractivity contribution < 1.29 is 31.5 Å². The SMILES string of the molecule is CCOC(=O)c1c(C(F)F)ncc(C#N)c1C(F)(F)F. The second-order valence-corrected chi connectivity index (χ2v) is 3.44. The molecule has 0 aliphatic rings. The zero-order valence-corrected chi connectivity index (χ0v) is 9.96. The topological polar surface area (TPSA) is 63.0 Å². The van der Waals surface area contributed by atoms with E-state index in [4.69, 9.17) is 5.26 Å². The normalized spacial score (nSPS) is 11.3. The van der Waals surface area contributed by atoms with E-state index in [1.54, 1.807) is 0 Å². The highest BCUT2D eigenvalue weighted by molar-refractivity contribution is 5.93. The molecule has 1 aromatic heterocycles. The third kappa shape index (κ3) is 3.01.